The first kappa shape index (κ1) is 9.00. The summed E-state index contributed by atoms with van der Waals surface area (Å²) in [6, 6.07) is 0. The molecule has 0 spiro atoms. The Morgan fingerprint density at radius 2 is 2.15 bits per heavy atom. The van der Waals surface area contributed by atoms with Crippen molar-refractivity contribution in [2.75, 3.05) is 0 Å². The van der Waals surface area contributed by atoms with Crippen LogP contribution in [0.4, 0.5) is 0 Å². The topological polar surface area (TPSA) is 63.3 Å². The van der Waals surface area contributed by atoms with E-state index in [9.17, 15) is 9.90 Å². The Balaban J connectivity index is 2.49. The average molecular weight is 183 g/mol. The maximum absolute atomic E-state index is 11.5. The number of carbonyl (C=O) groups excluding carboxylic acids is 1. The van der Waals surface area contributed by atoms with Gasteiger partial charge in [-0.1, -0.05) is 13.8 Å². The van der Waals surface area contributed by atoms with Crippen molar-refractivity contribution in [3.63, 3.8) is 0 Å². The predicted octanol–water partition coefficient (Wildman–Crippen LogP) is 0.659. The minimum absolute atomic E-state index is 0.113. The molecule has 3 heteroatoms. The van der Waals surface area contributed by atoms with Gasteiger partial charge in [0.15, 0.2) is 0 Å². The van der Waals surface area contributed by atoms with E-state index in [0.29, 0.717) is 5.92 Å². The molecule has 2 aliphatic rings. The van der Waals surface area contributed by atoms with Crippen LogP contribution in [0.2, 0.25) is 0 Å². The van der Waals surface area contributed by atoms with Crippen LogP contribution in [0.15, 0.2) is 0 Å². The Kier molecular flexibility index (Phi) is 1.57. The van der Waals surface area contributed by atoms with Crippen molar-refractivity contribution < 1.29 is 9.90 Å². The van der Waals surface area contributed by atoms with Crippen LogP contribution in [-0.4, -0.2) is 17.1 Å². The van der Waals surface area contributed by atoms with Crippen LogP contribution in [0.1, 0.15) is 33.1 Å². The largest absolute Gasteiger partial charge is 0.392 e. The minimum Gasteiger partial charge on any atom is -0.392 e. The molecule has 2 bridgehead atoms. The monoisotopic (exact) mass is 183 g/mol. The number of rotatable bonds is 1. The standard InChI is InChI=1S/C10H17NO2/c1-9(2)6-3-4-10(9,8(11)13)7(12)5-6/h6-7,12H,3-5H2,1-2H3,(H2,11,13)/t6-,7?,10+/m1/s1. The van der Waals surface area contributed by atoms with E-state index in [1.165, 1.54) is 0 Å². The summed E-state index contributed by atoms with van der Waals surface area (Å²) in [5.74, 6) is 0.153. The smallest absolute Gasteiger partial charge is 0.226 e. The lowest BCUT2D eigenvalue weighted by molar-refractivity contribution is -0.139. The maximum Gasteiger partial charge on any atom is 0.226 e. The number of nitrogens with two attached hydrogens (primary N) is 1. The summed E-state index contributed by atoms with van der Waals surface area (Å²) in [7, 11) is 0. The van der Waals surface area contributed by atoms with Crippen molar-refractivity contribution in [2.24, 2.45) is 22.5 Å². The average Bonchev–Trinajstić information content (AvgIpc) is 2.35. The van der Waals surface area contributed by atoms with Gasteiger partial charge in [0.2, 0.25) is 5.91 Å². The maximum atomic E-state index is 11.5. The lowest BCUT2D eigenvalue weighted by Gasteiger charge is -2.37. The van der Waals surface area contributed by atoms with E-state index in [2.05, 4.69) is 13.8 Å². The number of aliphatic hydroxyl groups excluding tert-OH is 1. The first-order valence-electron chi connectivity index (χ1n) is 4.91. The third-order valence-corrected chi connectivity index (χ3v) is 4.57. The SMILES string of the molecule is CC1(C)[C@@H]2CC[C@@]1(C(N)=O)C(O)C2. The molecule has 0 aromatic rings. The normalized spacial score (nSPS) is 46.7. The molecular formula is C10H17NO2. The highest BCUT2D eigenvalue weighted by molar-refractivity contribution is 5.83. The van der Waals surface area contributed by atoms with Gasteiger partial charge in [-0.15, -0.1) is 0 Å². The molecule has 0 aromatic heterocycles. The zero-order chi connectivity index (χ0) is 9.85. The number of aliphatic hydroxyl groups is 1. The van der Waals surface area contributed by atoms with Crippen LogP contribution in [0.3, 0.4) is 0 Å². The van der Waals surface area contributed by atoms with Gasteiger partial charge in [0.25, 0.3) is 0 Å². The van der Waals surface area contributed by atoms with E-state index in [1.54, 1.807) is 0 Å². The molecule has 3 N–H and O–H groups in total. The molecule has 3 nitrogen and oxygen atoms in total. The molecule has 2 fully saturated rings. The molecule has 13 heavy (non-hydrogen) atoms. The van der Waals surface area contributed by atoms with Gasteiger partial charge >= 0.3 is 0 Å². The molecular weight excluding hydrogens is 166 g/mol. The molecule has 2 rings (SSSR count). The van der Waals surface area contributed by atoms with Crippen molar-refractivity contribution in [1.82, 2.24) is 0 Å². The summed E-state index contributed by atoms with van der Waals surface area (Å²) in [4.78, 5) is 11.5. The molecule has 0 radical (unpaired) electrons. The number of amides is 1. The Labute approximate surface area is 78.3 Å². The number of hydrogen-bond donors (Lipinski definition) is 2. The highest BCUT2D eigenvalue weighted by Crippen LogP contribution is 2.65. The summed E-state index contributed by atoms with van der Waals surface area (Å²) in [5, 5.41) is 9.88. The quantitative estimate of drug-likeness (QED) is 0.627. The first-order valence-corrected chi connectivity index (χ1v) is 4.91. The summed E-state index contributed by atoms with van der Waals surface area (Å²) in [5.41, 5.74) is 4.68. The second-order valence-corrected chi connectivity index (χ2v) is 5.04. The number of primary amides is 1. The molecule has 1 amide bonds. The lowest BCUT2D eigenvalue weighted by Crippen LogP contribution is -2.49. The van der Waals surface area contributed by atoms with E-state index in [1.807, 2.05) is 0 Å². The summed E-state index contributed by atoms with van der Waals surface area (Å²) in [6.07, 6.45) is 2.03. The molecule has 2 saturated carbocycles. The number of carbonyl (C=O) groups is 1. The number of fused-ring (bicyclic) bond motifs is 2. The van der Waals surface area contributed by atoms with E-state index in [-0.39, 0.29) is 11.3 Å². The van der Waals surface area contributed by atoms with Crippen molar-refractivity contribution in [3.05, 3.63) is 0 Å². The van der Waals surface area contributed by atoms with Crippen LogP contribution in [0.25, 0.3) is 0 Å². The second-order valence-electron chi connectivity index (χ2n) is 5.04. The van der Waals surface area contributed by atoms with Crippen molar-refractivity contribution in [2.45, 2.75) is 39.2 Å². The Bertz CT molecular complexity index is 262. The lowest BCUT2D eigenvalue weighted by atomic mass is 9.68. The van der Waals surface area contributed by atoms with Gasteiger partial charge in [0.05, 0.1) is 11.5 Å². The van der Waals surface area contributed by atoms with Crippen molar-refractivity contribution in [1.29, 1.82) is 0 Å². The highest BCUT2D eigenvalue weighted by atomic mass is 16.3. The van der Waals surface area contributed by atoms with Gasteiger partial charge in [-0.25, -0.2) is 0 Å². The van der Waals surface area contributed by atoms with Gasteiger partial charge in [0.1, 0.15) is 0 Å². The van der Waals surface area contributed by atoms with Crippen LogP contribution < -0.4 is 5.73 Å². The molecule has 1 unspecified atom stereocenters. The summed E-state index contributed by atoms with van der Waals surface area (Å²) >= 11 is 0. The van der Waals surface area contributed by atoms with Gasteiger partial charge in [-0.3, -0.25) is 4.79 Å². The molecule has 2 aliphatic carbocycles. The molecule has 0 saturated heterocycles. The van der Waals surface area contributed by atoms with E-state index in [0.717, 1.165) is 19.3 Å². The van der Waals surface area contributed by atoms with Gasteiger partial charge in [-0.2, -0.15) is 0 Å². The Morgan fingerprint density at radius 1 is 1.54 bits per heavy atom. The van der Waals surface area contributed by atoms with Crippen LogP contribution >= 0.6 is 0 Å². The fourth-order valence-corrected chi connectivity index (χ4v) is 3.53. The molecule has 74 valence electrons. The third-order valence-electron chi connectivity index (χ3n) is 4.57. The summed E-state index contributed by atoms with van der Waals surface area (Å²) < 4.78 is 0. The van der Waals surface area contributed by atoms with Crippen LogP contribution in [-0.2, 0) is 4.79 Å². The second kappa shape index (κ2) is 2.27. The number of hydrogen-bond acceptors (Lipinski definition) is 2. The van der Waals surface area contributed by atoms with Crippen LogP contribution in [0.5, 0.6) is 0 Å². The zero-order valence-corrected chi connectivity index (χ0v) is 8.21. The molecule has 0 heterocycles. The fourth-order valence-electron chi connectivity index (χ4n) is 3.53. The molecule has 0 aromatic carbocycles. The van der Waals surface area contributed by atoms with E-state index in [4.69, 9.17) is 5.73 Å². The molecule has 0 aliphatic heterocycles. The highest BCUT2D eigenvalue weighted by Gasteiger charge is 2.67. The van der Waals surface area contributed by atoms with Gasteiger partial charge < -0.3 is 10.8 Å². The Hall–Kier alpha value is -0.570. The van der Waals surface area contributed by atoms with Crippen molar-refractivity contribution in [3.8, 4) is 0 Å². The minimum atomic E-state index is -0.641. The van der Waals surface area contributed by atoms with E-state index >= 15 is 0 Å². The molecule has 3 atom stereocenters. The summed E-state index contributed by atoms with van der Waals surface area (Å²) in [6.45, 7) is 4.12. The van der Waals surface area contributed by atoms with Crippen LogP contribution in [0, 0.1) is 16.7 Å². The Morgan fingerprint density at radius 3 is 2.38 bits per heavy atom. The predicted molar refractivity (Wildman–Crippen MR) is 48.8 cm³/mol. The van der Waals surface area contributed by atoms with Gasteiger partial charge in [-0.05, 0) is 30.6 Å². The van der Waals surface area contributed by atoms with Gasteiger partial charge in [0, 0.05) is 0 Å². The van der Waals surface area contributed by atoms with Crippen molar-refractivity contribution >= 4 is 5.91 Å². The zero-order valence-electron chi connectivity index (χ0n) is 8.21. The van der Waals surface area contributed by atoms with E-state index < -0.39 is 11.5 Å². The first-order chi connectivity index (χ1) is 5.93. The third kappa shape index (κ3) is 0.766. The fraction of sp³-hybridized carbons (Fsp3) is 0.900.